The van der Waals surface area contributed by atoms with Gasteiger partial charge in [-0.2, -0.15) is 9.29 Å². The number of methoxy groups -OCH3 is 1. The Morgan fingerprint density at radius 1 is 1.12 bits per heavy atom. The number of amides is 1. The van der Waals surface area contributed by atoms with Crippen molar-refractivity contribution in [2.45, 2.75) is 50.8 Å². The number of nitrogen functional groups attached to an aromatic ring is 1. The number of aliphatic hydroxyl groups excluding tert-OH is 1. The minimum atomic E-state index is -3.97. The van der Waals surface area contributed by atoms with Crippen LogP contribution in [-0.4, -0.2) is 65.6 Å². The van der Waals surface area contributed by atoms with Gasteiger partial charge in [-0.25, -0.2) is 13.2 Å². The smallest absolute Gasteiger partial charge is 0.349 e. The maximum Gasteiger partial charge on any atom is 0.349 e. The van der Waals surface area contributed by atoms with Crippen molar-refractivity contribution in [3.05, 3.63) is 82.4 Å². The van der Waals surface area contributed by atoms with Gasteiger partial charge in [-0.3, -0.25) is 9.36 Å². The summed E-state index contributed by atoms with van der Waals surface area (Å²) < 4.78 is 34.6. The summed E-state index contributed by atoms with van der Waals surface area (Å²) in [6, 6.07) is 14.4. The molecule has 40 heavy (non-hydrogen) atoms. The van der Waals surface area contributed by atoms with E-state index in [2.05, 4.69) is 10.3 Å². The second-order valence-electron chi connectivity index (χ2n) is 10.0. The molecule has 0 aliphatic carbocycles. The number of aromatic nitrogens is 2. The highest BCUT2D eigenvalue weighted by atomic mass is 32.2. The molecule has 12 heteroatoms. The third kappa shape index (κ3) is 8.13. The summed E-state index contributed by atoms with van der Waals surface area (Å²) in [6.45, 7) is 4.99. The topological polar surface area (TPSA) is 157 Å². The number of sulfonamides is 1. The lowest BCUT2D eigenvalue weighted by atomic mass is 10.0. The van der Waals surface area contributed by atoms with E-state index in [0.717, 1.165) is 10.1 Å². The van der Waals surface area contributed by atoms with Crippen molar-refractivity contribution in [1.82, 2.24) is 19.2 Å². The van der Waals surface area contributed by atoms with Gasteiger partial charge in [0.15, 0.2) is 0 Å². The zero-order valence-electron chi connectivity index (χ0n) is 23.1. The largest absolute Gasteiger partial charge is 0.497 e. The van der Waals surface area contributed by atoms with Crippen LogP contribution in [0.25, 0.3) is 0 Å². The Kier molecular flexibility index (Phi) is 10.4. The molecule has 216 valence electrons. The molecule has 0 aliphatic rings. The molecule has 0 fully saturated rings. The summed E-state index contributed by atoms with van der Waals surface area (Å²) in [4.78, 5) is 29.0. The van der Waals surface area contributed by atoms with Gasteiger partial charge in [-0.15, -0.1) is 0 Å². The first kappa shape index (κ1) is 30.8. The standard InChI is InChI=1S/C28H37N5O6S/c1-19(2)15-33(40(37,38)23-12-10-22(39-4)11-13-23)17-25(34)24(14-21-8-6-5-7-9-21)30-26(35)18-32-16-20(3)27(29)31-28(32)36/h5-13,16,19,24-25,34H,14-15,17-18H2,1-4H3,(H,30,35)(H2,29,31,36)/t24-,25+/m0/s1. The van der Waals surface area contributed by atoms with E-state index < -0.39 is 33.8 Å². The molecule has 0 saturated heterocycles. The van der Waals surface area contributed by atoms with E-state index in [1.54, 1.807) is 19.1 Å². The first-order valence-corrected chi connectivity index (χ1v) is 14.3. The Balaban J connectivity index is 1.86. The normalized spacial score (nSPS) is 13.3. The molecule has 0 unspecified atom stereocenters. The number of nitrogens with zero attached hydrogens (tertiary/aromatic N) is 3. The highest BCUT2D eigenvalue weighted by Gasteiger charge is 2.31. The Labute approximate surface area is 234 Å². The summed E-state index contributed by atoms with van der Waals surface area (Å²) in [5, 5.41) is 14.2. The van der Waals surface area contributed by atoms with Crippen molar-refractivity contribution in [1.29, 1.82) is 0 Å². The number of anilines is 1. The monoisotopic (exact) mass is 571 g/mol. The molecular weight excluding hydrogens is 534 g/mol. The number of carbonyl (C=O) groups excluding carboxylic acids is 1. The van der Waals surface area contributed by atoms with Gasteiger partial charge < -0.3 is 20.9 Å². The Hall–Kier alpha value is -3.74. The van der Waals surface area contributed by atoms with Gasteiger partial charge in [0.25, 0.3) is 0 Å². The second-order valence-corrected chi connectivity index (χ2v) is 12.0. The van der Waals surface area contributed by atoms with E-state index in [4.69, 9.17) is 10.5 Å². The molecular formula is C28H37N5O6S. The molecule has 2 aromatic carbocycles. The number of hydrogen-bond acceptors (Lipinski definition) is 8. The third-order valence-electron chi connectivity index (χ3n) is 6.30. The molecule has 1 aromatic heterocycles. The number of rotatable bonds is 13. The lowest BCUT2D eigenvalue weighted by Crippen LogP contribution is -2.52. The number of aryl methyl sites for hydroxylation is 1. The van der Waals surface area contributed by atoms with Crippen molar-refractivity contribution in [2.24, 2.45) is 5.92 Å². The molecule has 3 rings (SSSR count). The number of carbonyl (C=O) groups is 1. The predicted octanol–water partition coefficient (Wildman–Crippen LogP) is 1.58. The van der Waals surface area contributed by atoms with Crippen LogP contribution in [0.5, 0.6) is 5.75 Å². The van der Waals surface area contributed by atoms with Gasteiger partial charge in [0, 0.05) is 24.8 Å². The molecule has 2 atom stereocenters. The minimum Gasteiger partial charge on any atom is -0.497 e. The summed E-state index contributed by atoms with van der Waals surface area (Å²) >= 11 is 0. The molecule has 1 amide bonds. The molecule has 0 aliphatic heterocycles. The molecule has 0 bridgehead atoms. The summed E-state index contributed by atoms with van der Waals surface area (Å²) in [7, 11) is -2.48. The number of hydrogen-bond donors (Lipinski definition) is 3. The van der Waals surface area contributed by atoms with Gasteiger partial charge in [0.2, 0.25) is 15.9 Å². The number of ether oxygens (including phenoxy) is 1. The van der Waals surface area contributed by atoms with Gasteiger partial charge in [-0.05, 0) is 49.1 Å². The van der Waals surface area contributed by atoms with E-state index in [9.17, 15) is 23.1 Å². The highest BCUT2D eigenvalue weighted by Crippen LogP contribution is 2.21. The number of nitrogens with one attached hydrogen (secondary N) is 1. The fraction of sp³-hybridized carbons (Fsp3) is 0.393. The van der Waals surface area contributed by atoms with Crippen LogP contribution in [0.2, 0.25) is 0 Å². The van der Waals surface area contributed by atoms with Crippen molar-refractivity contribution in [2.75, 3.05) is 25.9 Å². The zero-order chi connectivity index (χ0) is 29.4. The summed E-state index contributed by atoms with van der Waals surface area (Å²) in [5.74, 6) is 0.0324. The Morgan fingerprint density at radius 3 is 2.38 bits per heavy atom. The number of aliphatic hydroxyl groups is 1. The molecule has 0 spiro atoms. The first-order valence-electron chi connectivity index (χ1n) is 12.9. The van der Waals surface area contributed by atoms with Crippen molar-refractivity contribution >= 4 is 21.7 Å². The van der Waals surface area contributed by atoms with Gasteiger partial charge in [0.05, 0.1) is 24.2 Å². The fourth-order valence-corrected chi connectivity index (χ4v) is 5.81. The van der Waals surface area contributed by atoms with Gasteiger partial charge in [-0.1, -0.05) is 44.2 Å². The highest BCUT2D eigenvalue weighted by molar-refractivity contribution is 7.89. The van der Waals surface area contributed by atoms with Crippen LogP contribution in [0.15, 0.2) is 70.5 Å². The fourth-order valence-electron chi connectivity index (χ4n) is 4.19. The third-order valence-corrected chi connectivity index (χ3v) is 8.14. The average molecular weight is 572 g/mol. The van der Waals surface area contributed by atoms with E-state index >= 15 is 0 Å². The average Bonchev–Trinajstić information content (AvgIpc) is 2.91. The van der Waals surface area contributed by atoms with Crippen LogP contribution in [0.1, 0.15) is 25.0 Å². The molecule has 3 aromatic rings. The van der Waals surface area contributed by atoms with Crippen LogP contribution in [-0.2, 0) is 27.8 Å². The second kappa shape index (κ2) is 13.6. The minimum absolute atomic E-state index is 0.0319. The SMILES string of the molecule is COc1ccc(S(=O)(=O)N(CC(C)C)C[C@@H](O)[C@H](Cc2ccccc2)NC(=O)Cn2cc(C)c(N)nc2=O)cc1. The van der Waals surface area contributed by atoms with Crippen molar-refractivity contribution in [3.63, 3.8) is 0 Å². The van der Waals surface area contributed by atoms with Crippen LogP contribution in [0, 0.1) is 12.8 Å². The van der Waals surface area contributed by atoms with E-state index in [1.165, 1.54) is 29.7 Å². The maximum absolute atomic E-state index is 13.6. The van der Waals surface area contributed by atoms with E-state index in [-0.39, 0.29) is 42.7 Å². The summed E-state index contributed by atoms with van der Waals surface area (Å²) in [6.07, 6.45) is 0.414. The molecule has 11 nitrogen and oxygen atoms in total. The van der Waals surface area contributed by atoms with Crippen molar-refractivity contribution in [3.8, 4) is 5.75 Å². The quantitative estimate of drug-likeness (QED) is 0.279. The zero-order valence-corrected chi connectivity index (χ0v) is 24.0. The molecule has 0 radical (unpaired) electrons. The molecule has 0 saturated carbocycles. The Morgan fingerprint density at radius 2 is 1.77 bits per heavy atom. The molecule has 4 N–H and O–H groups in total. The lowest BCUT2D eigenvalue weighted by molar-refractivity contribution is -0.123. The Bertz CT molecular complexity index is 1440. The van der Waals surface area contributed by atoms with Crippen LogP contribution >= 0.6 is 0 Å². The predicted molar refractivity (Wildman–Crippen MR) is 152 cm³/mol. The van der Waals surface area contributed by atoms with Gasteiger partial charge >= 0.3 is 5.69 Å². The first-order chi connectivity index (χ1) is 18.9. The van der Waals surface area contributed by atoms with Crippen LogP contribution < -0.4 is 21.5 Å². The molecule has 1 heterocycles. The van der Waals surface area contributed by atoms with E-state index in [1.807, 2.05) is 44.2 Å². The summed E-state index contributed by atoms with van der Waals surface area (Å²) in [5.41, 5.74) is 6.39. The lowest BCUT2D eigenvalue weighted by Gasteiger charge is -2.31. The van der Waals surface area contributed by atoms with E-state index in [0.29, 0.717) is 11.3 Å². The number of benzene rings is 2. The number of nitrogens with two attached hydrogens (primary N) is 1. The van der Waals surface area contributed by atoms with Crippen LogP contribution in [0.3, 0.4) is 0 Å². The van der Waals surface area contributed by atoms with Crippen molar-refractivity contribution < 1.29 is 23.1 Å². The van der Waals surface area contributed by atoms with Crippen LogP contribution in [0.4, 0.5) is 5.82 Å². The van der Waals surface area contributed by atoms with Gasteiger partial charge in [0.1, 0.15) is 18.1 Å². The maximum atomic E-state index is 13.6.